The van der Waals surface area contributed by atoms with Crippen molar-refractivity contribution in [2.75, 3.05) is 0 Å². The topological polar surface area (TPSA) is 72.8 Å². The predicted molar refractivity (Wildman–Crippen MR) is 64.4 cm³/mol. The molecule has 1 aliphatic rings. The van der Waals surface area contributed by atoms with E-state index in [2.05, 4.69) is 0 Å². The monoisotopic (exact) mass is 254 g/mol. The van der Waals surface area contributed by atoms with E-state index in [1.54, 1.807) is 26.8 Å². The van der Waals surface area contributed by atoms with E-state index < -0.39 is 17.9 Å². The number of hydrogen-bond acceptors (Lipinski definition) is 5. The van der Waals surface area contributed by atoms with Crippen LogP contribution in [0, 0.1) is 0 Å². The number of carbonyl (C=O) groups excluding carboxylic acids is 2. The highest BCUT2D eigenvalue weighted by atomic mass is 16.7. The van der Waals surface area contributed by atoms with Gasteiger partial charge in [-0.2, -0.15) is 0 Å². The van der Waals surface area contributed by atoms with E-state index in [-0.39, 0.29) is 24.4 Å². The first-order chi connectivity index (χ1) is 8.32. The predicted octanol–water partition coefficient (Wildman–Crippen LogP) is 1.47. The first kappa shape index (κ1) is 14.4. The van der Waals surface area contributed by atoms with Crippen LogP contribution >= 0.6 is 0 Å². The Balaban J connectivity index is 2.57. The Morgan fingerprint density at radius 1 is 1.50 bits per heavy atom. The molecular formula is C13H18O5. The molecule has 0 bridgehead atoms. The van der Waals surface area contributed by atoms with Crippen molar-refractivity contribution in [2.45, 2.75) is 45.5 Å². The van der Waals surface area contributed by atoms with Gasteiger partial charge >= 0.3 is 5.97 Å². The quantitative estimate of drug-likeness (QED) is 0.594. The minimum Gasteiger partial charge on any atom is -0.456 e. The van der Waals surface area contributed by atoms with Gasteiger partial charge in [-0.3, -0.25) is 4.79 Å². The number of ketones is 1. The molecule has 0 amide bonds. The van der Waals surface area contributed by atoms with Crippen molar-refractivity contribution in [2.24, 2.45) is 0 Å². The number of allylic oxidation sites excluding steroid dienone is 2. The van der Waals surface area contributed by atoms with Gasteiger partial charge in [0.05, 0.1) is 18.6 Å². The Labute approximate surface area is 106 Å². The number of aliphatic hydroxyl groups is 1. The molecule has 100 valence electrons. The van der Waals surface area contributed by atoms with Crippen LogP contribution < -0.4 is 0 Å². The summed E-state index contributed by atoms with van der Waals surface area (Å²) in [6.07, 6.45) is 3.55. The summed E-state index contributed by atoms with van der Waals surface area (Å²) in [5.41, 5.74) is 0. The van der Waals surface area contributed by atoms with Crippen LogP contribution in [-0.4, -0.2) is 28.8 Å². The molecule has 0 spiro atoms. The van der Waals surface area contributed by atoms with Gasteiger partial charge in [0.25, 0.3) is 0 Å². The maximum Gasteiger partial charge on any atom is 0.337 e. The molecule has 1 N–H and O–H groups in total. The van der Waals surface area contributed by atoms with Crippen LogP contribution in [0.5, 0.6) is 0 Å². The lowest BCUT2D eigenvalue weighted by Crippen LogP contribution is -2.34. The van der Waals surface area contributed by atoms with Crippen molar-refractivity contribution < 1.29 is 24.2 Å². The number of rotatable bonds is 5. The maximum atomic E-state index is 11.6. The second-order valence-corrected chi connectivity index (χ2v) is 4.55. The summed E-state index contributed by atoms with van der Waals surface area (Å²) in [6, 6.07) is 0. The minimum absolute atomic E-state index is 0.000512. The summed E-state index contributed by atoms with van der Waals surface area (Å²) in [7, 11) is 0. The average Bonchev–Trinajstić information content (AvgIpc) is 2.12. The molecule has 5 heteroatoms. The number of aliphatic hydroxyl groups excluding tert-OH is 1. The summed E-state index contributed by atoms with van der Waals surface area (Å²) in [5, 5.41) is 9.44. The van der Waals surface area contributed by atoms with E-state index in [1.807, 2.05) is 0 Å². The van der Waals surface area contributed by atoms with Crippen molar-refractivity contribution in [3.8, 4) is 0 Å². The lowest BCUT2D eigenvalue weighted by atomic mass is 10.1. The van der Waals surface area contributed by atoms with Gasteiger partial charge in [0.15, 0.2) is 0 Å². The zero-order valence-electron chi connectivity index (χ0n) is 10.8. The Morgan fingerprint density at radius 2 is 2.17 bits per heavy atom. The highest BCUT2D eigenvalue weighted by Gasteiger charge is 2.30. The number of carbonyl (C=O) groups is 2. The van der Waals surface area contributed by atoms with Gasteiger partial charge in [-0.15, -0.1) is 0 Å². The molecule has 0 aromatic rings. The van der Waals surface area contributed by atoms with Crippen LogP contribution in [-0.2, 0) is 19.1 Å². The summed E-state index contributed by atoms with van der Waals surface area (Å²) in [4.78, 5) is 22.9. The molecule has 0 aromatic heterocycles. The van der Waals surface area contributed by atoms with Gasteiger partial charge < -0.3 is 14.6 Å². The molecule has 1 atom stereocenters. The van der Waals surface area contributed by atoms with Crippen LogP contribution in [0.2, 0.25) is 0 Å². The average molecular weight is 254 g/mol. The number of hydrogen-bond donors (Lipinski definition) is 1. The summed E-state index contributed by atoms with van der Waals surface area (Å²) < 4.78 is 10.2. The minimum atomic E-state index is -1.05. The SMILES string of the molecule is C/C=C/C(O)CC(=O)CC1=CC(=O)OC(C)(C)O1. The van der Waals surface area contributed by atoms with Crippen molar-refractivity contribution in [1.82, 2.24) is 0 Å². The third-order valence-electron chi connectivity index (χ3n) is 2.22. The number of Topliss-reactive ketones (excluding diaryl/α,β-unsaturated/α-hetero) is 1. The molecule has 0 aliphatic carbocycles. The Kier molecular flexibility index (Phi) is 4.67. The second kappa shape index (κ2) is 5.82. The number of cyclic esters (lactones) is 1. The third kappa shape index (κ3) is 4.71. The van der Waals surface area contributed by atoms with Gasteiger partial charge in [-0.25, -0.2) is 4.79 Å². The smallest absolute Gasteiger partial charge is 0.337 e. The largest absolute Gasteiger partial charge is 0.456 e. The normalized spacial score (nSPS) is 20.0. The molecule has 1 heterocycles. The Morgan fingerprint density at radius 3 is 2.72 bits per heavy atom. The molecule has 5 nitrogen and oxygen atoms in total. The second-order valence-electron chi connectivity index (χ2n) is 4.55. The summed E-state index contributed by atoms with van der Waals surface area (Å²) in [6.45, 7) is 4.95. The van der Waals surface area contributed by atoms with Gasteiger partial charge in [0, 0.05) is 20.3 Å². The third-order valence-corrected chi connectivity index (χ3v) is 2.22. The molecule has 1 rings (SSSR count). The first-order valence-electron chi connectivity index (χ1n) is 5.77. The van der Waals surface area contributed by atoms with Crippen LogP contribution in [0.25, 0.3) is 0 Å². The van der Waals surface area contributed by atoms with E-state index in [4.69, 9.17) is 9.47 Å². The van der Waals surface area contributed by atoms with Crippen molar-refractivity contribution in [1.29, 1.82) is 0 Å². The molecule has 0 aromatic carbocycles. The Bertz CT molecular complexity index is 392. The van der Waals surface area contributed by atoms with Crippen LogP contribution in [0.4, 0.5) is 0 Å². The fourth-order valence-electron chi connectivity index (χ4n) is 1.65. The molecule has 1 aliphatic heterocycles. The van der Waals surface area contributed by atoms with E-state index in [9.17, 15) is 14.7 Å². The summed E-state index contributed by atoms with van der Waals surface area (Å²) in [5.74, 6) is -1.50. The molecule has 0 radical (unpaired) electrons. The molecular weight excluding hydrogens is 236 g/mol. The zero-order chi connectivity index (χ0) is 13.8. The van der Waals surface area contributed by atoms with Gasteiger partial charge in [-0.05, 0) is 6.92 Å². The molecule has 18 heavy (non-hydrogen) atoms. The molecule has 0 saturated carbocycles. The van der Waals surface area contributed by atoms with Crippen molar-refractivity contribution >= 4 is 11.8 Å². The summed E-state index contributed by atoms with van der Waals surface area (Å²) >= 11 is 0. The number of esters is 1. The lowest BCUT2D eigenvalue weighted by Gasteiger charge is -2.30. The highest BCUT2D eigenvalue weighted by molar-refractivity contribution is 5.87. The van der Waals surface area contributed by atoms with Crippen LogP contribution in [0.1, 0.15) is 33.6 Å². The van der Waals surface area contributed by atoms with E-state index >= 15 is 0 Å². The fourth-order valence-corrected chi connectivity index (χ4v) is 1.65. The van der Waals surface area contributed by atoms with E-state index in [0.717, 1.165) is 6.08 Å². The van der Waals surface area contributed by atoms with Gasteiger partial charge in [0.2, 0.25) is 5.79 Å². The zero-order valence-corrected chi connectivity index (χ0v) is 10.8. The molecule has 0 fully saturated rings. The van der Waals surface area contributed by atoms with Crippen LogP contribution in [0.3, 0.4) is 0 Å². The first-order valence-corrected chi connectivity index (χ1v) is 5.77. The maximum absolute atomic E-state index is 11.6. The standard InChI is InChI=1S/C13H18O5/c1-4-5-9(14)6-10(15)7-11-8-12(16)18-13(2,3)17-11/h4-5,8-9,14H,6-7H2,1-3H3/b5-4+. The van der Waals surface area contributed by atoms with Crippen LogP contribution in [0.15, 0.2) is 24.0 Å². The highest BCUT2D eigenvalue weighted by Crippen LogP contribution is 2.24. The number of ether oxygens (including phenoxy) is 2. The van der Waals surface area contributed by atoms with E-state index in [0.29, 0.717) is 0 Å². The molecule has 0 saturated heterocycles. The van der Waals surface area contributed by atoms with Gasteiger partial charge in [-0.1, -0.05) is 12.2 Å². The molecule has 1 unspecified atom stereocenters. The van der Waals surface area contributed by atoms with Gasteiger partial charge in [0.1, 0.15) is 11.5 Å². The van der Waals surface area contributed by atoms with Crippen molar-refractivity contribution in [3.05, 3.63) is 24.0 Å². The fraction of sp³-hybridized carbons (Fsp3) is 0.538. The lowest BCUT2D eigenvalue weighted by molar-refractivity contribution is -0.205. The van der Waals surface area contributed by atoms with E-state index in [1.165, 1.54) is 6.08 Å². The van der Waals surface area contributed by atoms with Crippen molar-refractivity contribution in [3.63, 3.8) is 0 Å². The Hall–Kier alpha value is -1.62.